The molecule has 0 amide bonds. The summed E-state index contributed by atoms with van der Waals surface area (Å²) in [6.45, 7) is 2.07. The fourth-order valence-electron chi connectivity index (χ4n) is 1.61. The molecule has 19 heavy (non-hydrogen) atoms. The van der Waals surface area contributed by atoms with Crippen LogP contribution in [0.1, 0.15) is 28.2 Å². The van der Waals surface area contributed by atoms with Crippen LogP contribution in [0, 0.1) is 0 Å². The van der Waals surface area contributed by atoms with E-state index in [0.717, 1.165) is 10.5 Å². The number of aromatic carboxylic acids is 1. The van der Waals surface area contributed by atoms with Crippen molar-refractivity contribution in [2.45, 2.75) is 17.1 Å². The number of carboxylic acid groups (broad SMARTS) is 1. The van der Waals surface area contributed by atoms with Gasteiger partial charge in [0.25, 0.3) is 0 Å². The zero-order chi connectivity index (χ0) is 13.8. The van der Waals surface area contributed by atoms with E-state index in [0.29, 0.717) is 5.02 Å². The quantitative estimate of drug-likeness (QED) is 0.855. The van der Waals surface area contributed by atoms with E-state index < -0.39 is 5.97 Å². The van der Waals surface area contributed by atoms with Gasteiger partial charge in [0.05, 0.1) is 0 Å². The second kappa shape index (κ2) is 6.08. The fraction of sp³-hybridized carbons (Fsp3) is 0.143. The van der Waals surface area contributed by atoms with Gasteiger partial charge in [-0.25, -0.2) is 9.78 Å². The molecule has 1 aromatic carbocycles. The number of benzene rings is 1. The molecule has 0 radical (unpaired) electrons. The fourth-order valence-corrected chi connectivity index (χ4v) is 2.76. The topological polar surface area (TPSA) is 50.2 Å². The summed E-state index contributed by atoms with van der Waals surface area (Å²) in [5.41, 5.74) is 1.18. The van der Waals surface area contributed by atoms with Crippen molar-refractivity contribution in [1.29, 1.82) is 0 Å². The smallest absolute Gasteiger partial charge is 0.354 e. The Labute approximate surface area is 120 Å². The first-order valence-electron chi connectivity index (χ1n) is 5.68. The molecule has 1 N–H and O–H groups in total. The maximum atomic E-state index is 10.7. The van der Waals surface area contributed by atoms with Crippen molar-refractivity contribution in [3.63, 3.8) is 0 Å². The normalized spacial score (nSPS) is 12.1. The molecule has 0 aliphatic rings. The van der Waals surface area contributed by atoms with Crippen LogP contribution < -0.4 is 0 Å². The second-order valence-electron chi connectivity index (χ2n) is 4.00. The summed E-state index contributed by atoms with van der Waals surface area (Å²) in [6.07, 6.45) is 1.58. The highest BCUT2D eigenvalue weighted by atomic mass is 35.5. The van der Waals surface area contributed by atoms with Gasteiger partial charge in [0.1, 0.15) is 5.69 Å². The highest BCUT2D eigenvalue weighted by molar-refractivity contribution is 7.99. The summed E-state index contributed by atoms with van der Waals surface area (Å²) in [5.74, 6) is -1.01. The summed E-state index contributed by atoms with van der Waals surface area (Å²) >= 11 is 7.57. The predicted octanol–water partition coefficient (Wildman–Crippen LogP) is 4.29. The van der Waals surface area contributed by atoms with Crippen LogP contribution >= 0.6 is 23.4 Å². The van der Waals surface area contributed by atoms with Crippen molar-refractivity contribution in [1.82, 2.24) is 4.98 Å². The first kappa shape index (κ1) is 13.9. The van der Waals surface area contributed by atoms with Crippen molar-refractivity contribution in [2.75, 3.05) is 0 Å². The molecule has 0 saturated carbocycles. The van der Waals surface area contributed by atoms with E-state index >= 15 is 0 Å². The lowest BCUT2D eigenvalue weighted by Gasteiger charge is -2.11. The summed E-state index contributed by atoms with van der Waals surface area (Å²) in [5, 5.41) is 9.71. The Bertz CT molecular complexity index is 586. The van der Waals surface area contributed by atoms with E-state index in [1.165, 1.54) is 6.07 Å². The van der Waals surface area contributed by atoms with Crippen LogP contribution in [0.5, 0.6) is 0 Å². The minimum absolute atomic E-state index is 0.0553. The monoisotopic (exact) mass is 293 g/mol. The molecular formula is C14H12ClNO2S. The molecule has 2 rings (SSSR count). The molecule has 0 aliphatic carbocycles. The third-order valence-electron chi connectivity index (χ3n) is 2.59. The van der Waals surface area contributed by atoms with E-state index in [2.05, 4.69) is 11.9 Å². The number of thioether (sulfide) groups is 1. The molecule has 3 nitrogen and oxygen atoms in total. The lowest BCUT2D eigenvalue weighted by Crippen LogP contribution is -1.99. The van der Waals surface area contributed by atoms with Gasteiger partial charge in [0, 0.05) is 21.4 Å². The summed E-state index contributed by atoms with van der Waals surface area (Å²) in [4.78, 5) is 15.5. The first-order valence-corrected chi connectivity index (χ1v) is 6.93. The SMILES string of the molecule is CC(Sc1ccc(C(=O)O)nc1)c1cccc(Cl)c1. The van der Waals surface area contributed by atoms with Crippen LogP contribution in [0.2, 0.25) is 5.02 Å². The largest absolute Gasteiger partial charge is 0.477 e. The van der Waals surface area contributed by atoms with Crippen LogP contribution in [0.15, 0.2) is 47.5 Å². The molecule has 1 aromatic heterocycles. The van der Waals surface area contributed by atoms with E-state index in [1.54, 1.807) is 24.0 Å². The van der Waals surface area contributed by atoms with Crippen LogP contribution in [0.25, 0.3) is 0 Å². The predicted molar refractivity (Wildman–Crippen MR) is 76.9 cm³/mol. The van der Waals surface area contributed by atoms with E-state index in [-0.39, 0.29) is 10.9 Å². The summed E-state index contributed by atoms with van der Waals surface area (Å²) < 4.78 is 0. The number of aromatic nitrogens is 1. The average Bonchev–Trinajstić information content (AvgIpc) is 2.39. The maximum absolute atomic E-state index is 10.7. The average molecular weight is 294 g/mol. The molecule has 0 fully saturated rings. The number of rotatable bonds is 4. The molecule has 0 saturated heterocycles. The Morgan fingerprint density at radius 1 is 1.37 bits per heavy atom. The van der Waals surface area contributed by atoms with Crippen molar-refractivity contribution in [3.8, 4) is 0 Å². The van der Waals surface area contributed by atoms with Gasteiger partial charge in [-0.05, 0) is 36.8 Å². The number of hydrogen-bond acceptors (Lipinski definition) is 3. The van der Waals surface area contributed by atoms with Crippen LogP contribution in [-0.2, 0) is 0 Å². The number of carbonyl (C=O) groups is 1. The van der Waals surface area contributed by atoms with E-state index in [1.807, 2.05) is 24.3 Å². The van der Waals surface area contributed by atoms with Gasteiger partial charge in [0.15, 0.2) is 0 Å². The zero-order valence-corrected chi connectivity index (χ0v) is 11.8. The molecule has 98 valence electrons. The Kier molecular flexibility index (Phi) is 4.45. The molecule has 2 aromatic rings. The van der Waals surface area contributed by atoms with Crippen LogP contribution in [0.4, 0.5) is 0 Å². The highest BCUT2D eigenvalue weighted by Crippen LogP contribution is 2.35. The van der Waals surface area contributed by atoms with Gasteiger partial charge >= 0.3 is 5.97 Å². The van der Waals surface area contributed by atoms with E-state index in [9.17, 15) is 4.79 Å². The van der Waals surface area contributed by atoms with Crippen molar-refractivity contribution in [3.05, 3.63) is 58.9 Å². The van der Waals surface area contributed by atoms with Gasteiger partial charge in [-0.2, -0.15) is 0 Å². The molecule has 5 heteroatoms. The Morgan fingerprint density at radius 2 is 2.16 bits per heavy atom. The van der Waals surface area contributed by atoms with Crippen molar-refractivity contribution in [2.24, 2.45) is 0 Å². The second-order valence-corrected chi connectivity index (χ2v) is 5.85. The van der Waals surface area contributed by atoms with Gasteiger partial charge in [-0.3, -0.25) is 0 Å². The number of nitrogens with zero attached hydrogens (tertiary/aromatic N) is 1. The van der Waals surface area contributed by atoms with Crippen LogP contribution in [0.3, 0.4) is 0 Å². The third-order valence-corrected chi connectivity index (χ3v) is 3.96. The Balaban J connectivity index is 2.10. The standard InChI is InChI=1S/C14H12ClNO2S/c1-9(10-3-2-4-11(15)7-10)19-12-5-6-13(14(17)18)16-8-12/h2-9H,1H3,(H,17,18). The minimum Gasteiger partial charge on any atom is -0.477 e. The maximum Gasteiger partial charge on any atom is 0.354 e. The lowest BCUT2D eigenvalue weighted by atomic mass is 10.2. The van der Waals surface area contributed by atoms with Crippen LogP contribution in [-0.4, -0.2) is 16.1 Å². The molecule has 0 aliphatic heterocycles. The Morgan fingerprint density at radius 3 is 2.74 bits per heavy atom. The zero-order valence-electron chi connectivity index (χ0n) is 10.2. The van der Waals surface area contributed by atoms with Gasteiger partial charge in [0.2, 0.25) is 0 Å². The molecule has 0 bridgehead atoms. The molecular weight excluding hydrogens is 282 g/mol. The molecule has 0 spiro atoms. The number of halogens is 1. The van der Waals surface area contributed by atoms with Crippen molar-refractivity contribution >= 4 is 29.3 Å². The molecule has 1 atom stereocenters. The molecule has 1 unspecified atom stereocenters. The minimum atomic E-state index is -1.01. The van der Waals surface area contributed by atoms with Gasteiger partial charge in [-0.1, -0.05) is 23.7 Å². The number of carboxylic acids is 1. The molecule has 1 heterocycles. The Hall–Kier alpha value is -1.52. The van der Waals surface area contributed by atoms with Gasteiger partial charge < -0.3 is 5.11 Å². The summed E-state index contributed by atoms with van der Waals surface area (Å²) in [7, 11) is 0. The number of hydrogen-bond donors (Lipinski definition) is 1. The lowest BCUT2D eigenvalue weighted by molar-refractivity contribution is 0.0690. The van der Waals surface area contributed by atoms with Crippen molar-refractivity contribution < 1.29 is 9.90 Å². The van der Waals surface area contributed by atoms with E-state index in [4.69, 9.17) is 16.7 Å². The van der Waals surface area contributed by atoms with Gasteiger partial charge in [-0.15, -0.1) is 11.8 Å². The first-order chi connectivity index (χ1) is 9.06. The highest BCUT2D eigenvalue weighted by Gasteiger charge is 2.09. The third kappa shape index (κ3) is 3.72. The summed E-state index contributed by atoms with van der Waals surface area (Å²) in [6, 6.07) is 11.0. The number of pyridine rings is 1.